The molecule has 1 aromatic rings. The number of amides is 2. The zero-order valence-electron chi connectivity index (χ0n) is 13.3. The molecule has 1 rings (SSSR count). The lowest BCUT2D eigenvalue weighted by atomic mass is 10.1. The number of methoxy groups -OCH3 is 1. The van der Waals surface area contributed by atoms with Gasteiger partial charge in [-0.15, -0.1) is 0 Å². The number of hydrogen-bond acceptors (Lipinski definition) is 3. The fourth-order valence-electron chi connectivity index (χ4n) is 2.14. The first-order valence-electron chi connectivity index (χ1n) is 6.93. The van der Waals surface area contributed by atoms with E-state index in [0.29, 0.717) is 6.54 Å². The summed E-state index contributed by atoms with van der Waals surface area (Å²) in [5.74, 6) is 0.737. The number of ether oxygens (including phenoxy) is 1. The molecule has 0 aliphatic rings. The molecule has 0 aliphatic carbocycles. The summed E-state index contributed by atoms with van der Waals surface area (Å²) in [4.78, 5) is 13.7. The second-order valence-corrected chi connectivity index (χ2v) is 4.85. The zero-order chi connectivity index (χ0) is 16.0. The Balaban J connectivity index is 2.90. The summed E-state index contributed by atoms with van der Waals surface area (Å²) in [7, 11) is 3.28. The predicted molar refractivity (Wildman–Crippen MR) is 85.4 cm³/mol. The van der Waals surface area contributed by atoms with Gasteiger partial charge in [0.15, 0.2) is 5.96 Å². The van der Waals surface area contributed by atoms with Gasteiger partial charge in [0.1, 0.15) is 5.75 Å². The van der Waals surface area contributed by atoms with Gasteiger partial charge in [-0.25, -0.2) is 4.79 Å². The van der Waals surface area contributed by atoms with E-state index in [4.69, 9.17) is 10.1 Å². The van der Waals surface area contributed by atoms with E-state index >= 15 is 0 Å². The molecule has 6 heteroatoms. The number of carbonyl (C=O) groups excluding carboxylic acids is 1. The van der Waals surface area contributed by atoms with Gasteiger partial charge >= 0.3 is 6.03 Å². The molecule has 116 valence electrons. The van der Waals surface area contributed by atoms with Gasteiger partial charge in [-0.1, -0.05) is 13.0 Å². The number of rotatable bonds is 4. The van der Waals surface area contributed by atoms with Crippen molar-refractivity contribution >= 4 is 17.7 Å². The van der Waals surface area contributed by atoms with Crippen molar-refractivity contribution in [3.8, 4) is 5.75 Å². The van der Waals surface area contributed by atoms with Crippen molar-refractivity contribution < 1.29 is 9.53 Å². The molecule has 0 fully saturated rings. The average molecular weight is 292 g/mol. The van der Waals surface area contributed by atoms with Crippen LogP contribution >= 0.6 is 0 Å². The minimum Gasteiger partial charge on any atom is -0.496 e. The molecule has 2 amide bonds. The zero-order valence-corrected chi connectivity index (χ0v) is 13.3. The number of nitrogens with zero attached hydrogens (tertiary/aromatic N) is 1. The van der Waals surface area contributed by atoms with E-state index in [1.807, 2.05) is 32.9 Å². The number of benzene rings is 1. The number of urea groups is 1. The minimum absolute atomic E-state index is 0.00639. The second kappa shape index (κ2) is 7.52. The Morgan fingerprint density at radius 1 is 1.38 bits per heavy atom. The van der Waals surface area contributed by atoms with Gasteiger partial charge in [-0.3, -0.25) is 15.6 Å². The van der Waals surface area contributed by atoms with Crippen LogP contribution in [0, 0.1) is 19.3 Å². The molecule has 1 aromatic carbocycles. The summed E-state index contributed by atoms with van der Waals surface area (Å²) in [6.07, 6.45) is 0.891. The fourth-order valence-corrected chi connectivity index (χ4v) is 2.14. The lowest BCUT2D eigenvalue weighted by molar-refractivity contribution is 0.251. The Kier molecular flexibility index (Phi) is 6.02. The Labute approximate surface area is 126 Å². The molecule has 3 N–H and O–H groups in total. The first-order chi connectivity index (χ1) is 9.92. The number of hydrogen-bond donors (Lipinski definition) is 3. The van der Waals surface area contributed by atoms with Crippen LogP contribution in [-0.4, -0.2) is 32.7 Å². The molecule has 0 saturated carbocycles. The van der Waals surface area contributed by atoms with Crippen LogP contribution in [0.1, 0.15) is 24.5 Å². The molecule has 0 aromatic heterocycles. The highest BCUT2D eigenvalue weighted by Crippen LogP contribution is 2.31. The highest BCUT2D eigenvalue weighted by molar-refractivity contribution is 6.03. The highest BCUT2D eigenvalue weighted by Gasteiger charge is 2.18. The van der Waals surface area contributed by atoms with E-state index in [1.54, 1.807) is 14.2 Å². The number of nitrogens with one attached hydrogen (secondary N) is 3. The van der Waals surface area contributed by atoms with Crippen molar-refractivity contribution in [2.45, 2.75) is 27.2 Å². The van der Waals surface area contributed by atoms with Gasteiger partial charge in [0.2, 0.25) is 0 Å². The smallest absolute Gasteiger partial charge is 0.328 e. The topological polar surface area (TPSA) is 77.5 Å². The minimum atomic E-state index is -0.358. The molecule has 21 heavy (non-hydrogen) atoms. The normalized spacial score (nSPS) is 9.95. The van der Waals surface area contributed by atoms with Crippen molar-refractivity contribution in [3.05, 3.63) is 23.3 Å². The van der Waals surface area contributed by atoms with E-state index in [2.05, 4.69) is 10.6 Å². The first kappa shape index (κ1) is 16.8. The summed E-state index contributed by atoms with van der Waals surface area (Å²) in [5, 5.41) is 13.0. The van der Waals surface area contributed by atoms with Crippen molar-refractivity contribution in [3.63, 3.8) is 0 Å². The Morgan fingerprint density at radius 2 is 2.05 bits per heavy atom. The van der Waals surface area contributed by atoms with Crippen molar-refractivity contribution in [2.75, 3.05) is 25.6 Å². The van der Waals surface area contributed by atoms with Crippen molar-refractivity contribution in [1.29, 1.82) is 5.41 Å². The Bertz CT molecular complexity index is 529. The summed E-state index contributed by atoms with van der Waals surface area (Å²) >= 11 is 0. The molecule has 0 spiro atoms. The molecule has 0 saturated heterocycles. The van der Waals surface area contributed by atoms with Crippen LogP contribution in [0.3, 0.4) is 0 Å². The Hall–Kier alpha value is -2.24. The number of aryl methyl sites for hydroxylation is 1. The maximum atomic E-state index is 12.2. The third-order valence-corrected chi connectivity index (χ3v) is 3.23. The second-order valence-electron chi connectivity index (χ2n) is 4.85. The first-order valence-corrected chi connectivity index (χ1v) is 6.93. The summed E-state index contributed by atoms with van der Waals surface area (Å²) in [6, 6.07) is 3.43. The third kappa shape index (κ3) is 4.11. The maximum absolute atomic E-state index is 12.2. The van der Waals surface area contributed by atoms with Gasteiger partial charge in [0.25, 0.3) is 0 Å². The number of carbonyl (C=O) groups is 1. The SMILES string of the molecule is CCCNC(=N)NC(=O)N(C)c1c(C)ccc(OC)c1C. The molecule has 0 aliphatic heterocycles. The standard InChI is InChI=1S/C15H24N4O2/c1-6-9-17-14(16)18-15(20)19(4)13-10(2)7-8-12(21-5)11(13)3/h7-8H,6,9H2,1-5H3,(H3,16,17,18,20). The van der Waals surface area contributed by atoms with Gasteiger partial charge in [0.05, 0.1) is 12.8 Å². The van der Waals surface area contributed by atoms with Crippen LogP contribution in [0.15, 0.2) is 12.1 Å². The van der Waals surface area contributed by atoms with Crippen LogP contribution in [0.25, 0.3) is 0 Å². The number of guanidine groups is 1. The van der Waals surface area contributed by atoms with E-state index in [1.165, 1.54) is 4.90 Å². The largest absolute Gasteiger partial charge is 0.496 e. The molecule has 0 atom stereocenters. The fraction of sp³-hybridized carbons (Fsp3) is 0.467. The summed E-state index contributed by atoms with van der Waals surface area (Å²) < 4.78 is 5.29. The van der Waals surface area contributed by atoms with Gasteiger partial charge in [0, 0.05) is 19.2 Å². The van der Waals surface area contributed by atoms with Crippen molar-refractivity contribution in [1.82, 2.24) is 10.6 Å². The van der Waals surface area contributed by atoms with Crippen LogP contribution in [0.4, 0.5) is 10.5 Å². The summed E-state index contributed by atoms with van der Waals surface area (Å²) in [5.41, 5.74) is 2.65. The van der Waals surface area contributed by atoms with Gasteiger partial charge < -0.3 is 10.1 Å². The molecular formula is C15H24N4O2. The molecule has 0 unspecified atom stereocenters. The predicted octanol–water partition coefficient (Wildman–Crippen LogP) is 2.39. The quantitative estimate of drug-likeness (QED) is 0.589. The van der Waals surface area contributed by atoms with Gasteiger partial charge in [-0.05, 0) is 31.9 Å². The monoisotopic (exact) mass is 292 g/mol. The Morgan fingerprint density at radius 3 is 2.62 bits per heavy atom. The molecule has 0 bridgehead atoms. The summed E-state index contributed by atoms with van der Waals surface area (Å²) in [6.45, 7) is 6.50. The maximum Gasteiger partial charge on any atom is 0.328 e. The van der Waals surface area contributed by atoms with E-state index in [0.717, 1.165) is 29.0 Å². The van der Waals surface area contributed by atoms with E-state index < -0.39 is 0 Å². The van der Waals surface area contributed by atoms with E-state index in [9.17, 15) is 4.79 Å². The number of anilines is 1. The van der Waals surface area contributed by atoms with E-state index in [-0.39, 0.29) is 12.0 Å². The van der Waals surface area contributed by atoms with Gasteiger partial charge in [-0.2, -0.15) is 0 Å². The average Bonchev–Trinajstić information content (AvgIpc) is 2.45. The molecule has 0 heterocycles. The highest BCUT2D eigenvalue weighted by atomic mass is 16.5. The molecule has 0 radical (unpaired) electrons. The lowest BCUT2D eigenvalue weighted by Gasteiger charge is -2.23. The molecular weight excluding hydrogens is 268 g/mol. The molecule has 6 nitrogen and oxygen atoms in total. The third-order valence-electron chi connectivity index (χ3n) is 3.23. The van der Waals surface area contributed by atoms with Crippen LogP contribution in [0.2, 0.25) is 0 Å². The van der Waals surface area contributed by atoms with Crippen LogP contribution in [0.5, 0.6) is 5.75 Å². The van der Waals surface area contributed by atoms with Crippen molar-refractivity contribution in [2.24, 2.45) is 0 Å². The lowest BCUT2D eigenvalue weighted by Crippen LogP contribution is -2.46. The van der Waals surface area contributed by atoms with Crippen LogP contribution in [-0.2, 0) is 0 Å². The van der Waals surface area contributed by atoms with Crippen LogP contribution < -0.4 is 20.3 Å².